The van der Waals surface area contributed by atoms with Gasteiger partial charge in [0.15, 0.2) is 5.78 Å². The van der Waals surface area contributed by atoms with Gasteiger partial charge in [-0.3, -0.25) is 4.79 Å². The summed E-state index contributed by atoms with van der Waals surface area (Å²) in [6, 6.07) is 0. The summed E-state index contributed by atoms with van der Waals surface area (Å²) in [6.07, 6.45) is 11.8. The number of carbonyl (C=O) groups is 1. The highest BCUT2D eigenvalue weighted by Gasteiger charge is 2.56. The van der Waals surface area contributed by atoms with Gasteiger partial charge < -0.3 is 5.11 Å². The number of fused-ring (bicyclic) bond motifs is 5. The molecule has 1 N–H and O–H groups in total. The number of rotatable bonds is 1. The van der Waals surface area contributed by atoms with Gasteiger partial charge in [-0.15, -0.1) is 0 Å². The average Bonchev–Trinajstić information content (AvgIpc) is 2.82. The Morgan fingerprint density at radius 1 is 1.26 bits per heavy atom. The number of allylic oxidation sites excluding steroid dienone is 2. The Labute approximate surface area is 152 Å². The molecule has 126 valence electrons. The first-order valence-corrected chi connectivity index (χ1v) is 10.5. The standard InChI is InChI=1S/C20H27IO2/c1-20-8-6-16-15(17(20)4-5-18(20)23)3-2-12-10-14(22)11-13(7-9-21)19(12)16/h7,9-10,13,15-19,23H,2-6,8,11H2,1H3/b9-7+/t13?,15-,16+,17+,18+,19?,20+/m1/s1. The highest BCUT2D eigenvalue weighted by molar-refractivity contribution is 14.1. The lowest BCUT2D eigenvalue weighted by molar-refractivity contribution is -0.117. The third-order valence-corrected chi connectivity index (χ3v) is 8.08. The van der Waals surface area contributed by atoms with Crippen LogP contribution in [0.5, 0.6) is 0 Å². The normalized spacial score (nSPS) is 49.5. The third kappa shape index (κ3) is 2.48. The molecule has 2 unspecified atom stereocenters. The Kier molecular flexibility index (Phi) is 4.24. The second kappa shape index (κ2) is 5.98. The maximum Gasteiger partial charge on any atom is 0.156 e. The topological polar surface area (TPSA) is 37.3 Å². The van der Waals surface area contributed by atoms with Gasteiger partial charge in [0, 0.05) is 6.42 Å². The summed E-state index contributed by atoms with van der Waals surface area (Å²) in [6.45, 7) is 2.34. The van der Waals surface area contributed by atoms with Gasteiger partial charge in [-0.2, -0.15) is 0 Å². The number of aliphatic hydroxyl groups is 1. The van der Waals surface area contributed by atoms with Crippen LogP contribution in [0.4, 0.5) is 0 Å². The fourth-order valence-corrected chi connectivity index (χ4v) is 7.13. The maximum absolute atomic E-state index is 12.1. The first kappa shape index (κ1) is 16.3. The largest absolute Gasteiger partial charge is 0.393 e. The van der Waals surface area contributed by atoms with Gasteiger partial charge >= 0.3 is 0 Å². The minimum Gasteiger partial charge on any atom is -0.393 e. The van der Waals surface area contributed by atoms with Crippen molar-refractivity contribution in [2.24, 2.45) is 35.0 Å². The Hall–Kier alpha value is -0.160. The van der Waals surface area contributed by atoms with E-state index in [1.54, 1.807) is 0 Å². The lowest BCUT2D eigenvalue weighted by Gasteiger charge is -2.54. The van der Waals surface area contributed by atoms with E-state index >= 15 is 0 Å². The van der Waals surface area contributed by atoms with Gasteiger partial charge in [-0.05, 0) is 83.7 Å². The van der Waals surface area contributed by atoms with E-state index < -0.39 is 0 Å². The second-order valence-corrected chi connectivity index (χ2v) is 9.23. The van der Waals surface area contributed by atoms with Gasteiger partial charge in [0.2, 0.25) is 0 Å². The highest BCUT2D eigenvalue weighted by Crippen LogP contribution is 2.62. The molecule has 4 aliphatic carbocycles. The molecule has 4 aliphatic rings. The van der Waals surface area contributed by atoms with Crippen molar-refractivity contribution in [2.75, 3.05) is 0 Å². The Morgan fingerprint density at radius 3 is 2.87 bits per heavy atom. The third-order valence-electron chi connectivity index (χ3n) is 7.66. The molecule has 0 aromatic rings. The van der Waals surface area contributed by atoms with Crippen molar-refractivity contribution in [1.29, 1.82) is 0 Å². The smallest absolute Gasteiger partial charge is 0.156 e. The van der Waals surface area contributed by atoms with Crippen molar-refractivity contribution in [3.8, 4) is 0 Å². The zero-order valence-corrected chi connectivity index (χ0v) is 16.0. The van der Waals surface area contributed by atoms with Crippen molar-refractivity contribution in [3.05, 3.63) is 21.8 Å². The number of halogens is 1. The predicted octanol–water partition coefficient (Wildman–Crippen LogP) is 4.66. The number of ketones is 1. The predicted molar refractivity (Wildman–Crippen MR) is 100 cm³/mol. The molecule has 7 atom stereocenters. The van der Waals surface area contributed by atoms with Crippen molar-refractivity contribution in [3.63, 3.8) is 0 Å². The van der Waals surface area contributed by atoms with Gasteiger partial charge in [-0.1, -0.05) is 41.2 Å². The number of hydrogen-bond donors (Lipinski definition) is 1. The van der Waals surface area contributed by atoms with Crippen LogP contribution in [0.1, 0.15) is 51.9 Å². The summed E-state index contributed by atoms with van der Waals surface area (Å²) in [5, 5.41) is 10.5. The molecule has 3 heteroatoms. The molecule has 2 nitrogen and oxygen atoms in total. The summed E-state index contributed by atoms with van der Waals surface area (Å²) in [7, 11) is 0. The van der Waals surface area contributed by atoms with Crippen LogP contribution in [-0.4, -0.2) is 17.0 Å². The van der Waals surface area contributed by atoms with E-state index in [2.05, 4.69) is 39.7 Å². The summed E-state index contributed by atoms with van der Waals surface area (Å²) in [5.41, 5.74) is 1.59. The Balaban J connectivity index is 1.67. The van der Waals surface area contributed by atoms with E-state index in [0.717, 1.165) is 24.7 Å². The van der Waals surface area contributed by atoms with E-state index in [-0.39, 0.29) is 11.5 Å². The molecule has 0 aliphatic heterocycles. The first-order valence-electron chi connectivity index (χ1n) is 9.23. The van der Waals surface area contributed by atoms with Gasteiger partial charge in [0.05, 0.1) is 6.10 Å². The van der Waals surface area contributed by atoms with Crippen LogP contribution in [0.25, 0.3) is 0 Å². The van der Waals surface area contributed by atoms with Crippen molar-refractivity contribution >= 4 is 28.4 Å². The quantitative estimate of drug-likeness (QED) is 0.620. The average molecular weight is 426 g/mol. The van der Waals surface area contributed by atoms with Gasteiger partial charge in [0.1, 0.15) is 0 Å². The summed E-state index contributed by atoms with van der Waals surface area (Å²) in [4.78, 5) is 12.1. The molecule has 0 radical (unpaired) electrons. The maximum atomic E-state index is 12.1. The minimum absolute atomic E-state index is 0.0941. The van der Waals surface area contributed by atoms with Crippen molar-refractivity contribution in [2.45, 2.75) is 58.0 Å². The lowest BCUT2D eigenvalue weighted by atomic mass is 9.50. The molecule has 23 heavy (non-hydrogen) atoms. The number of carbonyl (C=O) groups excluding carboxylic acids is 1. The Morgan fingerprint density at radius 2 is 2.09 bits per heavy atom. The van der Waals surface area contributed by atoms with Crippen molar-refractivity contribution in [1.82, 2.24) is 0 Å². The molecule has 3 saturated carbocycles. The molecular formula is C20H27IO2. The number of aliphatic hydroxyl groups excluding tert-OH is 1. The van der Waals surface area contributed by atoms with Crippen LogP contribution in [0.15, 0.2) is 21.8 Å². The Bertz CT molecular complexity index is 566. The van der Waals surface area contributed by atoms with E-state index in [9.17, 15) is 9.90 Å². The molecule has 0 aromatic heterocycles. The van der Waals surface area contributed by atoms with Crippen LogP contribution >= 0.6 is 22.6 Å². The molecule has 0 bridgehead atoms. The fourth-order valence-electron chi connectivity index (χ4n) is 6.59. The van der Waals surface area contributed by atoms with Crippen molar-refractivity contribution < 1.29 is 9.90 Å². The van der Waals surface area contributed by atoms with Crippen LogP contribution in [0.2, 0.25) is 0 Å². The van der Waals surface area contributed by atoms with Crippen LogP contribution in [0, 0.1) is 35.0 Å². The molecule has 4 rings (SSSR count). The van der Waals surface area contributed by atoms with Crippen LogP contribution in [-0.2, 0) is 4.79 Å². The SMILES string of the molecule is C[C@]12CC[C@@H]3C4C(=CC(=O)CC4/C=C/I)CC[C@H]3[C@@H]1CC[C@@H]2O. The molecule has 3 fully saturated rings. The van der Waals surface area contributed by atoms with Crippen LogP contribution in [0.3, 0.4) is 0 Å². The molecule has 0 saturated heterocycles. The van der Waals surface area contributed by atoms with Gasteiger partial charge in [-0.25, -0.2) is 0 Å². The van der Waals surface area contributed by atoms with E-state index in [1.807, 2.05) is 6.08 Å². The monoisotopic (exact) mass is 426 g/mol. The minimum atomic E-state index is -0.0941. The first-order chi connectivity index (χ1) is 11.0. The molecule has 0 amide bonds. The molecular weight excluding hydrogens is 399 g/mol. The lowest BCUT2D eigenvalue weighted by Crippen LogP contribution is -2.49. The van der Waals surface area contributed by atoms with E-state index in [0.29, 0.717) is 30.0 Å². The highest BCUT2D eigenvalue weighted by atomic mass is 127. The molecule has 0 spiro atoms. The summed E-state index contributed by atoms with van der Waals surface area (Å²) in [5.74, 6) is 3.49. The van der Waals surface area contributed by atoms with E-state index in [4.69, 9.17) is 0 Å². The molecule has 0 heterocycles. The van der Waals surface area contributed by atoms with Gasteiger partial charge in [0.25, 0.3) is 0 Å². The summed E-state index contributed by atoms with van der Waals surface area (Å²) >= 11 is 2.29. The number of hydrogen-bond acceptors (Lipinski definition) is 2. The fraction of sp³-hybridized carbons (Fsp3) is 0.750. The summed E-state index contributed by atoms with van der Waals surface area (Å²) < 4.78 is 2.11. The second-order valence-electron chi connectivity index (χ2n) is 8.51. The van der Waals surface area contributed by atoms with E-state index in [1.165, 1.54) is 31.3 Å². The molecule has 0 aromatic carbocycles. The zero-order valence-electron chi connectivity index (χ0n) is 13.9. The zero-order chi connectivity index (χ0) is 16.2. The van der Waals surface area contributed by atoms with Crippen LogP contribution < -0.4 is 0 Å².